The molecule has 0 aliphatic rings. The Kier molecular flexibility index (Phi) is 5.63. The van der Waals surface area contributed by atoms with Gasteiger partial charge in [0.05, 0.1) is 30.9 Å². The number of aromatic nitrogens is 4. The van der Waals surface area contributed by atoms with Crippen molar-refractivity contribution in [1.82, 2.24) is 20.2 Å². The van der Waals surface area contributed by atoms with Crippen LogP contribution in [0, 0.1) is 0 Å². The summed E-state index contributed by atoms with van der Waals surface area (Å²) < 4.78 is 69.9. The van der Waals surface area contributed by atoms with E-state index in [4.69, 9.17) is 4.42 Å². The van der Waals surface area contributed by atoms with Gasteiger partial charge in [-0.25, -0.2) is 17.8 Å². The Morgan fingerprint density at radius 2 is 1.97 bits per heavy atom. The summed E-state index contributed by atoms with van der Waals surface area (Å²) in [5, 5.41) is 7.12. The van der Waals surface area contributed by atoms with E-state index >= 15 is 0 Å². The summed E-state index contributed by atoms with van der Waals surface area (Å²) in [6, 6.07) is 1.40. The molecular weight excluding hydrogens is 431 g/mol. The predicted octanol–water partition coefficient (Wildman–Crippen LogP) is 3.70. The lowest BCUT2D eigenvalue weighted by Crippen LogP contribution is -2.29. The molecule has 0 aromatic carbocycles. The molecule has 8 nitrogen and oxygen atoms in total. The summed E-state index contributed by atoms with van der Waals surface area (Å²) in [5.41, 5.74) is -1.32. The van der Waals surface area contributed by atoms with Crippen molar-refractivity contribution in [2.75, 3.05) is 10.6 Å². The highest BCUT2D eigenvalue weighted by Crippen LogP contribution is 2.31. The molecule has 3 heterocycles. The van der Waals surface area contributed by atoms with Crippen molar-refractivity contribution < 1.29 is 26.0 Å². The molecule has 3 aromatic rings. The van der Waals surface area contributed by atoms with Crippen LogP contribution in [0.25, 0.3) is 10.8 Å². The molecule has 0 bridgehead atoms. The van der Waals surface area contributed by atoms with Crippen LogP contribution in [-0.4, -0.2) is 34.8 Å². The van der Waals surface area contributed by atoms with E-state index in [1.54, 1.807) is 0 Å². The fraction of sp³-hybridized carbons (Fsp3) is 0.375. The molecule has 156 valence electrons. The number of pyridine rings is 1. The topological polar surface area (TPSA) is 102 Å². The van der Waals surface area contributed by atoms with E-state index in [0.717, 1.165) is 21.9 Å². The average Bonchev–Trinajstić information content (AvgIpc) is 3.27. The lowest BCUT2D eigenvalue weighted by atomic mass is 10.0. The number of rotatable bonds is 7. The standard InChI is InChI=1S/C16H16F3N5O3S2/c1-16(2,19)9-4-10(6-20-5-9)24(29(3,25)26)8-12-21-7-11(28-12)14-22-23-15(27-14)13(17)18/h4-7,13H,8H2,1-3H3. The monoisotopic (exact) mass is 447 g/mol. The Hall–Kier alpha value is -2.54. The summed E-state index contributed by atoms with van der Waals surface area (Å²) in [6.07, 6.45) is 2.05. The average molecular weight is 447 g/mol. The maximum atomic E-state index is 14.2. The van der Waals surface area contributed by atoms with E-state index in [1.165, 1.54) is 38.5 Å². The number of alkyl halides is 3. The van der Waals surface area contributed by atoms with Crippen LogP contribution in [0.5, 0.6) is 0 Å². The van der Waals surface area contributed by atoms with Crippen molar-refractivity contribution in [2.24, 2.45) is 0 Å². The molecule has 0 unspecified atom stereocenters. The van der Waals surface area contributed by atoms with Crippen LogP contribution in [0.15, 0.2) is 29.1 Å². The van der Waals surface area contributed by atoms with Gasteiger partial charge in [-0.05, 0) is 19.9 Å². The van der Waals surface area contributed by atoms with E-state index in [1.807, 2.05) is 0 Å². The van der Waals surface area contributed by atoms with Gasteiger partial charge in [0.15, 0.2) is 0 Å². The quantitative estimate of drug-likeness (QED) is 0.544. The van der Waals surface area contributed by atoms with E-state index in [9.17, 15) is 21.6 Å². The van der Waals surface area contributed by atoms with E-state index in [2.05, 4.69) is 20.2 Å². The summed E-state index contributed by atoms with van der Waals surface area (Å²) >= 11 is 1.01. The van der Waals surface area contributed by atoms with Gasteiger partial charge in [-0.2, -0.15) is 8.78 Å². The van der Waals surface area contributed by atoms with E-state index in [-0.39, 0.29) is 23.7 Å². The van der Waals surface area contributed by atoms with Crippen molar-refractivity contribution in [2.45, 2.75) is 32.5 Å². The molecule has 13 heteroatoms. The summed E-state index contributed by atoms with van der Waals surface area (Å²) in [6.45, 7) is 2.50. The molecule has 0 fully saturated rings. The van der Waals surface area contributed by atoms with Crippen LogP contribution in [0.1, 0.15) is 36.7 Å². The first-order valence-corrected chi connectivity index (χ1v) is 10.8. The molecule has 0 saturated heterocycles. The van der Waals surface area contributed by atoms with Gasteiger partial charge in [0.25, 0.3) is 11.8 Å². The minimum atomic E-state index is -3.75. The predicted molar refractivity (Wildman–Crippen MR) is 99.8 cm³/mol. The molecule has 3 rings (SSSR count). The fourth-order valence-electron chi connectivity index (χ4n) is 2.32. The Morgan fingerprint density at radius 1 is 1.24 bits per heavy atom. The highest BCUT2D eigenvalue weighted by Gasteiger charge is 2.25. The Balaban J connectivity index is 1.90. The molecule has 0 spiro atoms. The molecule has 3 aromatic heterocycles. The van der Waals surface area contributed by atoms with Gasteiger partial charge in [-0.15, -0.1) is 21.5 Å². The van der Waals surface area contributed by atoms with Gasteiger partial charge < -0.3 is 4.42 Å². The molecule has 29 heavy (non-hydrogen) atoms. The number of thiazole rings is 1. The van der Waals surface area contributed by atoms with Crippen molar-refractivity contribution in [1.29, 1.82) is 0 Å². The van der Waals surface area contributed by atoms with Crippen molar-refractivity contribution in [3.05, 3.63) is 41.1 Å². The lowest BCUT2D eigenvalue weighted by Gasteiger charge is -2.23. The zero-order valence-corrected chi connectivity index (χ0v) is 17.1. The first-order valence-electron chi connectivity index (χ1n) is 8.14. The second-order valence-electron chi connectivity index (χ2n) is 6.54. The molecule has 0 saturated carbocycles. The van der Waals surface area contributed by atoms with Gasteiger partial charge in [0.1, 0.15) is 15.6 Å². The highest BCUT2D eigenvalue weighted by molar-refractivity contribution is 7.92. The van der Waals surface area contributed by atoms with Crippen LogP contribution in [0.2, 0.25) is 0 Å². The maximum absolute atomic E-state index is 14.2. The van der Waals surface area contributed by atoms with Gasteiger partial charge in [-0.1, -0.05) is 0 Å². The first-order chi connectivity index (χ1) is 13.4. The van der Waals surface area contributed by atoms with Crippen molar-refractivity contribution in [3.8, 4) is 10.8 Å². The third kappa shape index (κ3) is 4.90. The maximum Gasteiger partial charge on any atom is 0.314 e. The SMILES string of the molecule is CC(C)(F)c1cncc(N(Cc2ncc(-c3nnc(C(F)F)o3)s2)S(C)(=O)=O)c1. The van der Waals surface area contributed by atoms with Crippen LogP contribution in [-0.2, 0) is 22.2 Å². The van der Waals surface area contributed by atoms with Gasteiger partial charge in [-0.3, -0.25) is 9.29 Å². The minimum absolute atomic E-state index is 0.141. The molecule has 0 atom stereocenters. The molecule has 0 aliphatic heterocycles. The third-order valence-electron chi connectivity index (χ3n) is 3.77. The lowest BCUT2D eigenvalue weighted by molar-refractivity contribution is 0.116. The Labute approximate surface area is 168 Å². The minimum Gasteiger partial charge on any atom is -0.414 e. The second kappa shape index (κ2) is 7.71. The number of nitrogens with zero attached hydrogens (tertiary/aromatic N) is 5. The van der Waals surface area contributed by atoms with Crippen LogP contribution in [0.4, 0.5) is 18.9 Å². The highest BCUT2D eigenvalue weighted by atomic mass is 32.2. The molecule has 0 radical (unpaired) electrons. The number of hydrogen-bond donors (Lipinski definition) is 0. The summed E-state index contributed by atoms with van der Waals surface area (Å²) in [4.78, 5) is 8.34. The number of hydrogen-bond acceptors (Lipinski definition) is 8. The van der Waals surface area contributed by atoms with Crippen LogP contribution in [0.3, 0.4) is 0 Å². The fourth-order valence-corrected chi connectivity index (χ4v) is 4.07. The van der Waals surface area contributed by atoms with Gasteiger partial charge in [0, 0.05) is 11.8 Å². The summed E-state index contributed by atoms with van der Waals surface area (Å²) in [5.74, 6) is -0.956. The normalized spacial score (nSPS) is 12.5. The molecule has 0 aliphatic carbocycles. The largest absolute Gasteiger partial charge is 0.414 e. The van der Waals surface area contributed by atoms with Gasteiger partial charge >= 0.3 is 6.43 Å². The number of halogens is 3. The van der Waals surface area contributed by atoms with Crippen LogP contribution >= 0.6 is 11.3 Å². The zero-order valence-electron chi connectivity index (χ0n) is 15.5. The summed E-state index contributed by atoms with van der Waals surface area (Å²) in [7, 11) is -3.75. The van der Waals surface area contributed by atoms with Crippen molar-refractivity contribution in [3.63, 3.8) is 0 Å². The Morgan fingerprint density at radius 3 is 2.55 bits per heavy atom. The first kappa shape index (κ1) is 21.2. The van der Waals surface area contributed by atoms with Crippen LogP contribution < -0.4 is 4.31 Å². The second-order valence-corrected chi connectivity index (χ2v) is 9.56. The third-order valence-corrected chi connectivity index (χ3v) is 5.88. The van der Waals surface area contributed by atoms with Crippen molar-refractivity contribution >= 4 is 27.0 Å². The number of sulfonamides is 1. The van der Waals surface area contributed by atoms with E-state index in [0.29, 0.717) is 9.88 Å². The van der Waals surface area contributed by atoms with E-state index < -0.39 is 28.0 Å². The molecule has 0 N–H and O–H groups in total. The molecular formula is C16H16F3N5O3S2. The zero-order chi connectivity index (χ0) is 21.4. The van der Waals surface area contributed by atoms with Gasteiger partial charge in [0.2, 0.25) is 10.0 Å². The Bertz CT molecular complexity index is 1110. The molecule has 0 amide bonds. The number of anilines is 1. The smallest absolute Gasteiger partial charge is 0.314 e.